The van der Waals surface area contributed by atoms with Crippen LogP contribution in [0.5, 0.6) is 0 Å². The van der Waals surface area contributed by atoms with Crippen LogP contribution in [0.4, 0.5) is 0 Å². The molecule has 0 radical (unpaired) electrons. The van der Waals surface area contributed by atoms with Crippen molar-refractivity contribution >= 4 is 5.71 Å². The summed E-state index contributed by atoms with van der Waals surface area (Å²) >= 11 is 0. The molecule has 0 saturated heterocycles. The first kappa shape index (κ1) is 16.3. The Hall–Kier alpha value is -2.09. The molecule has 0 bridgehead atoms. The smallest absolute Gasteiger partial charge is 0.0728 e. The molecule has 0 spiro atoms. The Balaban J connectivity index is 2.32. The maximum absolute atomic E-state index is 4.63. The average Bonchev–Trinajstić information content (AvgIpc) is 2.47. The Kier molecular flexibility index (Phi) is 5.02. The van der Waals surface area contributed by atoms with E-state index >= 15 is 0 Å². The second-order valence-corrected chi connectivity index (χ2v) is 6.94. The van der Waals surface area contributed by atoms with Gasteiger partial charge in [0.25, 0.3) is 0 Å². The molecule has 0 amide bonds. The van der Waals surface area contributed by atoms with Crippen LogP contribution in [0.1, 0.15) is 40.2 Å². The van der Waals surface area contributed by atoms with Gasteiger partial charge in [0.2, 0.25) is 0 Å². The van der Waals surface area contributed by atoms with E-state index < -0.39 is 0 Å². The topological polar surface area (TPSA) is 24.4 Å². The molecule has 0 heterocycles. The minimum atomic E-state index is -0.00382. The van der Waals surface area contributed by atoms with E-state index in [1.54, 1.807) is 0 Å². The highest BCUT2D eigenvalue weighted by Gasteiger charge is 2.21. The molecule has 2 rings (SSSR count). The lowest BCUT2D eigenvalue weighted by Gasteiger charge is -2.22. The molecule has 0 atom stereocenters. The van der Waals surface area contributed by atoms with Gasteiger partial charge in [-0.05, 0) is 30.5 Å². The fraction of sp³-hybridized carbons (Fsp3) is 0.350. The quantitative estimate of drug-likeness (QED) is 0.615. The van der Waals surface area contributed by atoms with Crippen LogP contribution in [-0.2, 0) is 0 Å². The largest absolute Gasteiger partial charge is 0.307 e. The SMILES string of the molecule is CC(C)N/N=C(/c1ccc(-c2ccccc2)cc1)C(C)(C)C. The van der Waals surface area contributed by atoms with Crippen molar-refractivity contribution in [2.75, 3.05) is 0 Å². The van der Waals surface area contributed by atoms with Crippen LogP contribution in [0, 0.1) is 5.41 Å². The van der Waals surface area contributed by atoms with Gasteiger partial charge in [-0.3, -0.25) is 0 Å². The summed E-state index contributed by atoms with van der Waals surface area (Å²) in [5.41, 5.74) is 7.90. The zero-order valence-corrected chi connectivity index (χ0v) is 14.2. The van der Waals surface area contributed by atoms with Gasteiger partial charge >= 0.3 is 0 Å². The zero-order chi connectivity index (χ0) is 16.2. The third kappa shape index (κ3) is 4.20. The van der Waals surface area contributed by atoms with Crippen LogP contribution in [-0.4, -0.2) is 11.8 Å². The summed E-state index contributed by atoms with van der Waals surface area (Å²) in [4.78, 5) is 0. The van der Waals surface area contributed by atoms with E-state index in [0.29, 0.717) is 6.04 Å². The van der Waals surface area contributed by atoms with Crippen molar-refractivity contribution in [2.45, 2.75) is 40.7 Å². The molecule has 0 aliphatic carbocycles. The molecule has 0 aliphatic rings. The summed E-state index contributed by atoms with van der Waals surface area (Å²) < 4.78 is 0. The van der Waals surface area contributed by atoms with Gasteiger partial charge < -0.3 is 5.43 Å². The molecule has 116 valence electrons. The molecular formula is C20H26N2. The molecule has 0 saturated carbocycles. The minimum absolute atomic E-state index is 0.00382. The van der Waals surface area contributed by atoms with Crippen LogP contribution >= 0.6 is 0 Å². The highest BCUT2D eigenvalue weighted by atomic mass is 15.3. The fourth-order valence-electron chi connectivity index (χ4n) is 2.31. The van der Waals surface area contributed by atoms with E-state index in [1.165, 1.54) is 16.7 Å². The van der Waals surface area contributed by atoms with Crippen molar-refractivity contribution in [2.24, 2.45) is 10.5 Å². The van der Waals surface area contributed by atoms with Gasteiger partial charge in [-0.1, -0.05) is 75.4 Å². The summed E-state index contributed by atoms with van der Waals surface area (Å²) in [6.45, 7) is 10.8. The Labute approximate surface area is 134 Å². The van der Waals surface area contributed by atoms with Gasteiger partial charge in [0.05, 0.1) is 5.71 Å². The molecule has 0 unspecified atom stereocenters. The minimum Gasteiger partial charge on any atom is -0.307 e. The van der Waals surface area contributed by atoms with E-state index in [4.69, 9.17) is 0 Å². The van der Waals surface area contributed by atoms with Gasteiger partial charge in [0.1, 0.15) is 0 Å². The number of nitrogens with zero attached hydrogens (tertiary/aromatic N) is 1. The fourth-order valence-corrected chi connectivity index (χ4v) is 2.31. The standard InChI is InChI=1S/C20H26N2/c1-15(2)21-22-19(20(3,4)5)18-13-11-17(12-14-18)16-9-7-6-8-10-16/h6-15,21H,1-5H3/b22-19-. The predicted octanol–water partition coefficient (Wildman–Crippen LogP) is 5.10. The molecule has 0 aromatic heterocycles. The summed E-state index contributed by atoms with van der Waals surface area (Å²) in [6.07, 6.45) is 0. The number of hydrogen-bond acceptors (Lipinski definition) is 2. The summed E-state index contributed by atoms with van der Waals surface area (Å²) in [6, 6.07) is 19.4. The maximum atomic E-state index is 4.63. The Morgan fingerprint density at radius 3 is 1.91 bits per heavy atom. The number of nitrogens with one attached hydrogen (secondary N) is 1. The number of hydrazone groups is 1. The molecule has 22 heavy (non-hydrogen) atoms. The average molecular weight is 294 g/mol. The van der Waals surface area contributed by atoms with Crippen LogP contribution in [0.3, 0.4) is 0 Å². The second-order valence-electron chi connectivity index (χ2n) is 6.94. The van der Waals surface area contributed by atoms with Gasteiger partial charge in [-0.2, -0.15) is 5.10 Å². The van der Waals surface area contributed by atoms with Crippen molar-refractivity contribution in [3.05, 3.63) is 60.2 Å². The molecular weight excluding hydrogens is 268 g/mol. The van der Waals surface area contributed by atoms with Gasteiger partial charge in [-0.15, -0.1) is 0 Å². The molecule has 2 aromatic carbocycles. The molecule has 2 nitrogen and oxygen atoms in total. The first-order valence-electron chi connectivity index (χ1n) is 7.87. The molecule has 0 aliphatic heterocycles. The van der Waals surface area contributed by atoms with E-state index in [9.17, 15) is 0 Å². The van der Waals surface area contributed by atoms with Crippen LogP contribution in [0.2, 0.25) is 0 Å². The Morgan fingerprint density at radius 1 is 0.864 bits per heavy atom. The lowest BCUT2D eigenvalue weighted by molar-refractivity contribution is 0.562. The monoisotopic (exact) mass is 294 g/mol. The van der Waals surface area contributed by atoms with Crippen molar-refractivity contribution in [3.63, 3.8) is 0 Å². The van der Waals surface area contributed by atoms with Crippen LogP contribution in [0.25, 0.3) is 11.1 Å². The van der Waals surface area contributed by atoms with Gasteiger partial charge in [0.15, 0.2) is 0 Å². The zero-order valence-electron chi connectivity index (χ0n) is 14.2. The predicted molar refractivity (Wildman–Crippen MR) is 96.1 cm³/mol. The highest BCUT2D eigenvalue weighted by Crippen LogP contribution is 2.25. The van der Waals surface area contributed by atoms with Crippen molar-refractivity contribution < 1.29 is 0 Å². The van der Waals surface area contributed by atoms with Crippen LogP contribution < -0.4 is 5.43 Å². The summed E-state index contributed by atoms with van der Waals surface area (Å²) in [7, 11) is 0. The molecule has 1 N–H and O–H groups in total. The van der Waals surface area contributed by atoms with Gasteiger partial charge in [0, 0.05) is 11.5 Å². The van der Waals surface area contributed by atoms with Gasteiger partial charge in [-0.25, -0.2) is 0 Å². The van der Waals surface area contributed by atoms with E-state index in [0.717, 1.165) is 5.71 Å². The van der Waals surface area contributed by atoms with E-state index in [-0.39, 0.29) is 5.41 Å². The molecule has 2 aromatic rings. The summed E-state index contributed by atoms with van der Waals surface area (Å²) in [5, 5.41) is 4.63. The lowest BCUT2D eigenvalue weighted by Crippen LogP contribution is -2.27. The maximum Gasteiger partial charge on any atom is 0.0728 e. The number of hydrogen-bond donors (Lipinski definition) is 1. The number of rotatable bonds is 4. The van der Waals surface area contributed by atoms with E-state index in [1.807, 2.05) is 6.07 Å². The van der Waals surface area contributed by atoms with Crippen LogP contribution in [0.15, 0.2) is 59.7 Å². The molecule has 0 fully saturated rings. The van der Waals surface area contributed by atoms with Crippen molar-refractivity contribution in [1.82, 2.24) is 5.43 Å². The Bertz CT molecular complexity index is 617. The first-order valence-corrected chi connectivity index (χ1v) is 7.87. The second kappa shape index (κ2) is 6.78. The number of benzene rings is 2. The lowest BCUT2D eigenvalue weighted by atomic mass is 9.85. The third-order valence-electron chi connectivity index (χ3n) is 3.41. The van der Waals surface area contributed by atoms with E-state index in [2.05, 4.69) is 93.7 Å². The van der Waals surface area contributed by atoms with Crippen molar-refractivity contribution in [1.29, 1.82) is 0 Å². The summed E-state index contributed by atoms with van der Waals surface area (Å²) in [5.74, 6) is 0. The highest BCUT2D eigenvalue weighted by molar-refractivity contribution is 6.04. The van der Waals surface area contributed by atoms with Crippen molar-refractivity contribution in [3.8, 4) is 11.1 Å². The third-order valence-corrected chi connectivity index (χ3v) is 3.41. The normalized spacial score (nSPS) is 12.5. The first-order chi connectivity index (χ1) is 10.4. The Morgan fingerprint density at radius 2 is 1.41 bits per heavy atom. The molecule has 2 heteroatoms.